The van der Waals surface area contributed by atoms with E-state index in [9.17, 15) is 28.2 Å². The van der Waals surface area contributed by atoms with Gasteiger partial charge in [-0.25, -0.2) is 18.0 Å². The number of rotatable bonds is 11. The quantitative estimate of drug-likeness (QED) is 0.341. The second kappa shape index (κ2) is 11.5. The number of fused-ring (bicyclic) bond motifs is 1. The summed E-state index contributed by atoms with van der Waals surface area (Å²) in [5.41, 5.74) is 5.60. The molecule has 2 atom stereocenters. The van der Waals surface area contributed by atoms with E-state index in [-0.39, 0.29) is 42.9 Å². The smallest absolute Gasteiger partial charge is 0.409 e. The normalized spacial score (nSPS) is 14.5. The van der Waals surface area contributed by atoms with Gasteiger partial charge in [-0.15, -0.1) is 0 Å². The van der Waals surface area contributed by atoms with E-state index in [1.807, 2.05) is 13.8 Å². The fourth-order valence-corrected chi connectivity index (χ4v) is 5.34. The number of hydrogen-bond acceptors (Lipinski definition) is 8. The first-order valence-corrected chi connectivity index (χ1v) is 12.5. The first-order valence-electron chi connectivity index (χ1n) is 11.1. The van der Waals surface area contributed by atoms with Crippen molar-refractivity contribution in [2.45, 2.75) is 37.3 Å². The molecule has 2 amide bonds. The maximum atomic E-state index is 13.5. The van der Waals surface area contributed by atoms with Gasteiger partial charge in [0.2, 0.25) is 16.8 Å². The Hall–Kier alpha value is -3.55. The van der Waals surface area contributed by atoms with Crippen molar-refractivity contribution in [1.82, 2.24) is 9.62 Å². The molecule has 0 radical (unpaired) electrons. The number of carbonyl (C=O) groups is 2. The Morgan fingerprint density at radius 2 is 1.78 bits per heavy atom. The fourth-order valence-electron chi connectivity index (χ4n) is 3.71. The number of amides is 2. The zero-order chi connectivity index (χ0) is 26.5. The second-order valence-electron chi connectivity index (χ2n) is 8.62. The van der Waals surface area contributed by atoms with Crippen LogP contribution in [0.2, 0.25) is 0 Å². The van der Waals surface area contributed by atoms with Crippen LogP contribution in [-0.4, -0.2) is 67.2 Å². The number of carboxylic acid groups (broad SMARTS) is 1. The van der Waals surface area contributed by atoms with E-state index in [0.717, 1.165) is 4.31 Å². The lowest BCUT2D eigenvalue weighted by Gasteiger charge is -2.30. The van der Waals surface area contributed by atoms with Gasteiger partial charge in [-0.2, -0.15) is 4.31 Å². The zero-order valence-electron chi connectivity index (χ0n) is 19.8. The number of nitrogens with two attached hydrogens (primary N) is 1. The molecule has 13 heteroatoms. The van der Waals surface area contributed by atoms with Gasteiger partial charge < -0.3 is 35.5 Å². The summed E-state index contributed by atoms with van der Waals surface area (Å²) >= 11 is 0. The number of carbonyl (C=O) groups excluding carboxylic acids is 1. The molecule has 0 aliphatic carbocycles. The molecule has 0 aromatic heterocycles. The van der Waals surface area contributed by atoms with Gasteiger partial charge in [0.25, 0.3) is 0 Å². The predicted molar refractivity (Wildman–Crippen MR) is 127 cm³/mol. The van der Waals surface area contributed by atoms with Crippen molar-refractivity contribution in [1.29, 1.82) is 0 Å². The van der Waals surface area contributed by atoms with Crippen LogP contribution in [0.15, 0.2) is 47.4 Å². The summed E-state index contributed by atoms with van der Waals surface area (Å²) < 4.78 is 43.4. The summed E-state index contributed by atoms with van der Waals surface area (Å²) in [6, 6.07) is 9.32. The van der Waals surface area contributed by atoms with E-state index >= 15 is 0 Å². The van der Waals surface area contributed by atoms with E-state index in [4.69, 9.17) is 19.9 Å². The Labute approximate surface area is 208 Å². The number of nitrogens with one attached hydrogen (secondary N) is 1. The molecule has 0 bridgehead atoms. The van der Waals surface area contributed by atoms with Crippen molar-refractivity contribution in [2.24, 2.45) is 11.7 Å². The van der Waals surface area contributed by atoms with Crippen molar-refractivity contribution in [3.05, 3.63) is 48.0 Å². The number of aliphatic hydroxyl groups is 1. The minimum Gasteiger partial charge on any atom is -0.465 e. The van der Waals surface area contributed by atoms with Crippen LogP contribution in [0.1, 0.15) is 19.4 Å². The number of primary amides is 1. The van der Waals surface area contributed by atoms with Crippen molar-refractivity contribution in [3.63, 3.8) is 0 Å². The third kappa shape index (κ3) is 6.99. The second-order valence-corrected chi connectivity index (χ2v) is 10.6. The maximum absolute atomic E-state index is 13.5. The van der Waals surface area contributed by atoms with E-state index in [2.05, 4.69) is 5.32 Å². The molecule has 2 aromatic rings. The van der Waals surface area contributed by atoms with Gasteiger partial charge in [-0.1, -0.05) is 26.0 Å². The largest absolute Gasteiger partial charge is 0.465 e. The lowest BCUT2D eigenvalue weighted by molar-refractivity contribution is 0.0980. The Kier molecular flexibility index (Phi) is 8.61. The average Bonchev–Trinajstić information content (AvgIpc) is 3.26. The third-order valence-electron chi connectivity index (χ3n) is 5.31. The number of hydrogen-bond donors (Lipinski definition) is 4. The lowest BCUT2D eigenvalue weighted by atomic mass is 10.0. The third-order valence-corrected chi connectivity index (χ3v) is 7.14. The maximum Gasteiger partial charge on any atom is 0.409 e. The van der Waals surface area contributed by atoms with Crippen LogP contribution in [0.5, 0.6) is 17.2 Å². The summed E-state index contributed by atoms with van der Waals surface area (Å²) in [6.45, 7) is 3.38. The SMILES string of the molecule is CC(C)CN(C[C@H](O)[C@H](Cc1ccc(OC(N)=O)cc1)NC(=O)O)S(=O)(=O)c1ccc2c(c1)OCO2. The van der Waals surface area contributed by atoms with E-state index in [1.165, 1.54) is 30.3 Å². The van der Waals surface area contributed by atoms with Gasteiger partial charge in [0.15, 0.2) is 11.5 Å². The lowest BCUT2D eigenvalue weighted by Crippen LogP contribution is -2.50. The highest BCUT2D eigenvalue weighted by molar-refractivity contribution is 7.89. The van der Waals surface area contributed by atoms with Gasteiger partial charge in [0.1, 0.15) is 5.75 Å². The van der Waals surface area contributed by atoms with E-state index in [0.29, 0.717) is 17.1 Å². The number of nitrogens with zero attached hydrogens (tertiary/aromatic N) is 1. The fraction of sp³-hybridized carbons (Fsp3) is 0.391. The molecule has 36 heavy (non-hydrogen) atoms. The van der Waals surface area contributed by atoms with Crippen LogP contribution in [-0.2, 0) is 16.4 Å². The molecule has 2 aromatic carbocycles. The van der Waals surface area contributed by atoms with Crippen molar-refractivity contribution in [2.75, 3.05) is 19.9 Å². The molecular formula is C23H29N3O9S. The zero-order valence-corrected chi connectivity index (χ0v) is 20.6. The van der Waals surface area contributed by atoms with Crippen LogP contribution in [0, 0.1) is 5.92 Å². The first kappa shape index (κ1) is 27.0. The Morgan fingerprint density at radius 3 is 2.39 bits per heavy atom. The van der Waals surface area contributed by atoms with Gasteiger partial charge >= 0.3 is 12.2 Å². The molecule has 0 saturated carbocycles. The highest BCUT2D eigenvalue weighted by Gasteiger charge is 2.32. The average molecular weight is 524 g/mol. The molecule has 1 aliphatic heterocycles. The Balaban J connectivity index is 1.81. The van der Waals surface area contributed by atoms with E-state index in [1.54, 1.807) is 12.1 Å². The number of aliphatic hydroxyl groups excluding tert-OH is 1. The Morgan fingerprint density at radius 1 is 1.11 bits per heavy atom. The molecule has 5 N–H and O–H groups in total. The molecule has 0 saturated heterocycles. The summed E-state index contributed by atoms with van der Waals surface area (Å²) in [7, 11) is -4.06. The first-order chi connectivity index (χ1) is 17.0. The summed E-state index contributed by atoms with van der Waals surface area (Å²) in [6.07, 6.45) is -3.69. The molecule has 0 unspecified atom stereocenters. The van der Waals surface area contributed by atoms with Crippen LogP contribution in [0.4, 0.5) is 9.59 Å². The van der Waals surface area contributed by atoms with Crippen LogP contribution in [0.3, 0.4) is 0 Å². The van der Waals surface area contributed by atoms with Gasteiger partial charge in [0.05, 0.1) is 17.0 Å². The van der Waals surface area contributed by atoms with Crippen LogP contribution < -0.4 is 25.3 Å². The topological polar surface area (TPSA) is 178 Å². The minimum atomic E-state index is -4.06. The Bertz CT molecular complexity index is 1190. The molecule has 196 valence electrons. The molecule has 0 fully saturated rings. The van der Waals surface area contributed by atoms with Crippen LogP contribution in [0.25, 0.3) is 0 Å². The van der Waals surface area contributed by atoms with Crippen molar-refractivity contribution in [3.8, 4) is 17.2 Å². The molecule has 12 nitrogen and oxygen atoms in total. The highest BCUT2D eigenvalue weighted by atomic mass is 32.2. The highest BCUT2D eigenvalue weighted by Crippen LogP contribution is 2.34. The van der Waals surface area contributed by atoms with Crippen molar-refractivity contribution < 1.29 is 42.4 Å². The molecular weight excluding hydrogens is 494 g/mol. The van der Waals surface area contributed by atoms with Crippen LogP contribution >= 0.6 is 0 Å². The summed E-state index contributed by atoms with van der Waals surface area (Å²) in [5.74, 6) is 0.856. The molecule has 0 spiro atoms. The minimum absolute atomic E-state index is 0.00850. The monoisotopic (exact) mass is 523 g/mol. The van der Waals surface area contributed by atoms with Gasteiger partial charge in [-0.3, -0.25) is 0 Å². The molecule has 1 heterocycles. The summed E-state index contributed by atoms with van der Waals surface area (Å²) in [4.78, 5) is 22.3. The standard InChI is InChI=1S/C23H29N3O9S/c1-14(2)11-26(36(31,32)17-7-8-20-21(10-17)34-13-33-20)12-19(27)18(25-23(29)30)9-15-3-5-16(6-4-15)35-22(24)28/h3-8,10,14,18-19,25,27H,9,11-13H2,1-2H3,(H2,24,28)(H,29,30)/t18-,19-/m0/s1. The van der Waals surface area contributed by atoms with Gasteiger partial charge in [-0.05, 0) is 42.2 Å². The number of sulfonamides is 1. The van der Waals surface area contributed by atoms with Crippen molar-refractivity contribution >= 4 is 22.2 Å². The summed E-state index contributed by atoms with van der Waals surface area (Å²) in [5, 5.41) is 22.6. The van der Waals surface area contributed by atoms with Gasteiger partial charge in [0, 0.05) is 19.2 Å². The molecule has 1 aliphatic rings. The van der Waals surface area contributed by atoms with E-state index < -0.39 is 34.4 Å². The predicted octanol–water partition coefficient (Wildman–Crippen LogP) is 1.76. The number of benzene rings is 2. The number of ether oxygens (including phenoxy) is 3. The molecule has 3 rings (SSSR count).